The lowest BCUT2D eigenvalue weighted by Crippen LogP contribution is -2.12. The molecule has 0 nitrogen and oxygen atoms in total. The van der Waals surface area contributed by atoms with E-state index in [1.807, 2.05) is 0 Å². The number of hydrogen-bond acceptors (Lipinski definition) is 0. The van der Waals surface area contributed by atoms with Crippen molar-refractivity contribution in [1.82, 2.24) is 0 Å². The zero-order valence-electron chi connectivity index (χ0n) is 8.63. The Labute approximate surface area is 103 Å². The zero-order chi connectivity index (χ0) is 10.6. The summed E-state index contributed by atoms with van der Waals surface area (Å²) >= 11 is 7.15. The Morgan fingerprint density at radius 3 is 2.29 bits per heavy atom. The van der Waals surface area contributed by atoms with Gasteiger partial charge in [0.15, 0.2) is 0 Å². The Balaban J connectivity index is 2.56. The second kappa shape index (κ2) is 5.92. The van der Waals surface area contributed by atoms with Crippen molar-refractivity contribution in [3.63, 3.8) is 0 Å². The highest BCUT2D eigenvalue weighted by atomic mass is 79.9. The first-order valence-electron chi connectivity index (χ1n) is 5.02. The second-order valence-corrected chi connectivity index (χ2v) is 5.82. The van der Waals surface area contributed by atoms with Crippen LogP contribution in [0.15, 0.2) is 28.7 Å². The number of hydrogen-bond donors (Lipinski definition) is 0. The fourth-order valence-electron chi connectivity index (χ4n) is 1.52. The van der Waals surface area contributed by atoms with Crippen LogP contribution in [-0.2, 0) is 6.42 Å². The molecule has 0 aliphatic heterocycles. The van der Waals surface area contributed by atoms with E-state index in [-0.39, 0.29) is 0 Å². The largest absolute Gasteiger partial charge is 0.0888 e. The fourth-order valence-corrected chi connectivity index (χ4v) is 1.97. The van der Waals surface area contributed by atoms with E-state index in [0.29, 0.717) is 10.7 Å². The quantitative estimate of drug-likeness (QED) is 0.699. The van der Waals surface area contributed by atoms with Crippen molar-refractivity contribution in [3.05, 3.63) is 34.3 Å². The predicted molar refractivity (Wildman–Crippen MR) is 70.0 cm³/mol. The van der Waals surface area contributed by atoms with Gasteiger partial charge in [0.25, 0.3) is 0 Å². The molecule has 0 heterocycles. The Kier molecular flexibility index (Phi) is 5.18. The Morgan fingerprint density at radius 1 is 1.21 bits per heavy atom. The van der Waals surface area contributed by atoms with Crippen LogP contribution in [0.2, 0.25) is 0 Å². The summed E-state index contributed by atoms with van der Waals surface area (Å²) in [5, 5.41) is 0. The van der Waals surface area contributed by atoms with Crippen LogP contribution < -0.4 is 0 Å². The lowest BCUT2D eigenvalue weighted by atomic mass is 9.97. The molecule has 2 unspecified atom stereocenters. The van der Waals surface area contributed by atoms with Crippen molar-refractivity contribution in [1.29, 1.82) is 0 Å². The summed E-state index contributed by atoms with van der Waals surface area (Å²) in [4.78, 5) is 0.631. The van der Waals surface area contributed by atoms with E-state index >= 15 is 0 Å². The minimum atomic E-state index is 0.631. The molecule has 1 aromatic carbocycles. The molecule has 0 saturated heterocycles. The van der Waals surface area contributed by atoms with E-state index in [1.165, 1.54) is 12.0 Å². The van der Waals surface area contributed by atoms with Crippen LogP contribution >= 0.6 is 31.9 Å². The normalized spacial score (nSPS) is 15.1. The maximum absolute atomic E-state index is 3.70. The molecular weight excluding hydrogens is 304 g/mol. The molecular formula is C12H16Br2. The molecule has 78 valence electrons. The van der Waals surface area contributed by atoms with Gasteiger partial charge in [-0.3, -0.25) is 0 Å². The second-order valence-electron chi connectivity index (χ2n) is 3.73. The summed E-state index contributed by atoms with van der Waals surface area (Å²) in [5.74, 6) is 0.696. The Bertz CT molecular complexity index is 266. The highest BCUT2D eigenvalue weighted by Crippen LogP contribution is 2.21. The number of alkyl halides is 1. The zero-order valence-corrected chi connectivity index (χ0v) is 11.8. The summed E-state index contributed by atoms with van der Waals surface area (Å²) < 4.78 is 1.15. The first kappa shape index (κ1) is 12.3. The minimum absolute atomic E-state index is 0.631. The average molecular weight is 320 g/mol. The highest BCUT2D eigenvalue weighted by molar-refractivity contribution is 9.10. The van der Waals surface area contributed by atoms with Crippen LogP contribution in [0.3, 0.4) is 0 Å². The predicted octanol–water partition coefficient (Wildman–Crippen LogP) is 4.80. The molecule has 0 fully saturated rings. The van der Waals surface area contributed by atoms with Gasteiger partial charge in [-0.05, 0) is 36.5 Å². The van der Waals surface area contributed by atoms with Crippen molar-refractivity contribution < 1.29 is 0 Å². The van der Waals surface area contributed by atoms with E-state index in [9.17, 15) is 0 Å². The first-order chi connectivity index (χ1) is 6.63. The maximum Gasteiger partial charge on any atom is 0.0175 e. The van der Waals surface area contributed by atoms with Gasteiger partial charge in [-0.2, -0.15) is 0 Å². The summed E-state index contributed by atoms with van der Waals surface area (Å²) in [6.07, 6.45) is 2.34. The molecule has 0 amide bonds. The van der Waals surface area contributed by atoms with Crippen LogP contribution in [0, 0.1) is 5.92 Å². The summed E-state index contributed by atoms with van der Waals surface area (Å²) in [7, 11) is 0. The van der Waals surface area contributed by atoms with E-state index in [4.69, 9.17) is 0 Å². The van der Waals surface area contributed by atoms with Crippen molar-refractivity contribution in [2.24, 2.45) is 5.92 Å². The fraction of sp³-hybridized carbons (Fsp3) is 0.500. The molecule has 0 aromatic heterocycles. The molecule has 0 saturated carbocycles. The van der Waals surface area contributed by atoms with E-state index in [0.717, 1.165) is 10.9 Å². The average Bonchev–Trinajstić information content (AvgIpc) is 2.20. The number of benzene rings is 1. The van der Waals surface area contributed by atoms with E-state index in [1.54, 1.807) is 0 Å². The summed E-state index contributed by atoms with van der Waals surface area (Å²) in [6, 6.07) is 8.60. The molecule has 0 spiro atoms. The van der Waals surface area contributed by atoms with Crippen molar-refractivity contribution >= 4 is 31.9 Å². The van der Waals surface area contributed by atoms with Gasteiger partial charge in [0.2, 0.25) is 0 Å². The molecule has 0 aliphatic rings. The summed E-state index contributed by atoms with van der Waals surface area (Å²) in [5.41, 5.74) is 1.42. The Hall–Kier alpha value is 0.180. The molecule has 0 bridgehead atoms. The van der Waals surface area contributed by atoms with Crippen molar-refractivity contribution in [2.75, 3.05) is 0 Å². The Morgan fingerprint density at radius 2 is 1.79 bits per heavy atom. The molecule has 0 N–H and O–H groups in total. The van der Waals surface area contributed by atoms with Gasteiger partial charge in [-0.25, -0.2) is 0 Å². The lowest BCUT2D eigenvalue weighted by molar-refractivity contribution is 0.545. The summed E-state index contributed by atoms with van der Waals surface area (Å²) in [6.45, 7) is 4.52. The van der Waals surface area contributed by atoms with Crippen LogP contribution in [-0.4, -0.2) is 4.83 Å². The number of rotatable bonds is 4. The van der Waals surface area contributed by atoms with Gasteiger partial charge in [-0.1, -0.05) is 57.8 Å². The third-order valence-corrected chi connectivity index (χ3v) is 4.56. The SMILES string of the molecule is CCC(Br)C(C)Cc1ccc(Br)cc1. The van der Waals surface area contributed by atoms with Gasteiger partial charge >= 0.3 is 0 Å². The molecule has 14 heavy (non-hydrogen) atoms. The van der Waals surface area contributed by atoms with E-state index < -0.39 is 0 Å². The lowest BCUT2D eigenvalue weighted by Gasteiger charge is -2.16. The maximum atomic E-state index is 3.70. The van der Waals surface area contributed by atoms with Gasteiger partial charge in [0.05, 0.1) is 0 Å². The van der Waals surface area contributed by atoms with Crippen molar-refractivity contribution in [2.45, 2.75) is 31.5 Å². The smallest absolute Gasteiger partial charge is 0.0175 e. The molecule has 0 radical (unpaired) electrons. The third-order valence-electron chi connectivity index (χ3n) is 2.48. The number of halogens is 2. The van der Waals surface area contributed by atoms with Gasteiger partial charge < -0.3 is 0 Å². The van der Waals surface area contributed by atoms with Gasteiger partial charge in [-0.15, -0.1) is 0 Å². The standard InChI is InChI=1S/C12H16Br2/c1-3-12(14)9(2)8-10-4-6-11(13)7-5-10/h4-7,9,12H,3,8H2,1-2H3. The molecule has 1 rings (SSSR count). The third kappa shape index (κ3) is 3.74. The van der Waals surface area contributed by atoms with Gasteiger partial charge in [0.1, 0.15) is 0 Å². The monoisotopic (exact) mass is 318 g/mol. The molecule has 0 aliphatic carbocycles. The first-order valence-corrected chi connectivity index (χ1v) is 6.73. The van der Waals surface area contributed by atoms with Crippen LogP contribution in [0.5, 0.6) is 0 Å². The topological polar surface area (TPSA) is 0 Å². The van der Waals surface area contributed by atoms with Crippen LogP contribution in [0.4, 0.5) is 0 Å². The van der Waals surface area contributed by atoms with Crippen LogP contribution in [0.1, 0.15) is 25.8 Å². The van der Waals surface area contributed by atoms with Gasteiger partial charge in [0, 0.05) is 9.30 Å². The van der Waals surface area contributed by atoms with Crippen LogP contribution in [0.25, 0.3) is 0 Å². The molecule has 2 atom stereocenters. The molecule has 2 heteroatoms. The molecule has 1 aromatic rings. The van der Waals surface area contributed by atoms with E-state index in [2.05, 4.69) is 70.0 Å². The minimum Gasteiger partial charge on any atom is -0.0888 e. The van der Waals surface area contributed by atoms with Crippen molar-refractivity contribution in [3.8, 4) is 0 Å². The highest BCUT2D eigenvalue weighted by Gasteiger charge is 2.11.